The van der Waals surface area contributed by atoms with Gasteiger partial charge in [0.25, 0.3) is 10.0 Å². The predicted octanol–water partition coefficient (Wildman–Crippen LogP) is 2.59. The van der Waals surface area contributed by atoms with Crippen LogP contribution in [0.15, 0.2) is 46.0 Å². The minimum absolute atomic E-state index is 0.0153. The fourth-order valence-corrected chi connectivity index (χ4v) is 7.94. The standard InChI is InChI=1S/C24H30N4O6S2/c1-27(2)24(32)25-17-9-5-15(6-10-17)14-19(23(30)31)26-22(29)21-16-7-11-18(12-8-16)28(21)36(33,34)20-4-3-13-35-20/h3-6,9-10,13,16,18-19,21H,7-8,11-12,14H2,1-2H3,(H,25,32)(H,26,29)(H,30,31). The number of amides is 3. The summed E-state index contributed by atoms with van der Waals surface area (Å²) >= 11 is 1.11. The van der Waals surface area contributed by atoms with E-state index in [1.165, 1.54) is 15.3 Å². The molecule has 2 unspecified atom stereocenters. The highest BCUT2D eigenvalue weighted by Gasteiger charge is 2.51. The molecule has 1 aromatic carbocycles. The number of benzene rings is 1. The van der Waals surface area contributed by atoms with E-state index in [1.54, 1.807) is 49.8 Å². The van der Waals surface area contributed by atoms with Gasteiger partial charge in [0.1, 0.15) is 16.3 Å². The lowest BCUT2D eigenvalue weighted by Gasteiger charge is -2.49. The molecule has 3 N–H and O–H groups in total. The quantitative estimate of drug-likeness (QED) is 0.476. The van der Waals surface area contributed by atoms with Gasteiger partial charge >= 0.3 is 12.0 Å². The van der Waals surface area contributed by atoms with Crippen molar-refractivity contribution < 1.29 is 27.9 Å². The van der Waals surface area contributed by atoms with E-state index in [2.05, 4.69) is 10.6 Å². The molecule has 2 atom stereocenters. The molecule has 2 saturated heterocycles. The summed E-state index contributed by atoms with van der Waals surface area (Å²) in [6.07, 6.45) is 2.87. The lowest BCUT2D eigenvalue weighted by Crippen LogP contribution is -2.63. The number of carbonyl (C=O) groups excluding carboxylic acids is 2. The molecule has 0 radical (unpaired) electrons. The number of thiophene rings is 1. The zero-order valence-corrected chi connectivity index (χ0v) is 21.7. The Balaban J connectivity index is 1.50. The van der Waals surface area contributed by atoms with Gasteiger partial charge in [0.05, 0.1) is 0 Å². The van der Waals surface area contributed by atoms with E-state index < -0.39 is 34.0 Å². The molecule has 1 aliphatic carbocycles. The van der Waals surface area contributed by atoms with E-state index in [9.17, 15) is 27.9 Å². The van der Waals surface area contributed by atoms with Gasteiger partial charge in [-0.25, -0.2) is 18.0 Å². The van der Waals surface area contributed by atoms with Crippen LogP contribution in [0, 0.1) is 5.92 Å². The van der Waals surface area contributed by atoms with Crippen molar-refractivity contribution in [3.8, 4) is 0 Å². The fraction of sp³-hybridized carbons (Fsp3) is 0.458. The third-order valence-corrected chi connectivity index (χ3v) is 10.1. The Hall–Kier alpha value is -2.96. The summed E-state index contributed by atoms with van der Waals surface area (Å²) in [4.78, 5) is 38.7. The van der Waals surface area contributed by atoms with Crippen LogP contribution in [0.5, 0.6) is 0 Å². The monoisotopic (exact) mass is 534 g/mol. The van der Waals surface area contributed by atoms with E-state index in [1.807, 2.05) is 0 Å². The van der Waals surface area contributed by atoms with Crippen molar-refractivity contribution in [2.75, 3.05) is 19.4 Å². The Bertz CT molecular complexity index is 1210. The maximum Gasteiger partial charge on any atom is 0.326 e. The highest BCUT2D eigenvalue weighted by atomic mass is 32.2. The summed E-state index contributed by atoms with van der Waals surface area (Å²) in [5.74, 6) is -1.94. The van der Waals surface area contributed by atoms with E-state index in [0.29, 0.717) is 24.1 Å². The fourth-order valence-electron chi connectivity index (χ4n) is 4.95. The molecule has 0 spiro atoms. The van der Waals surface area contributed by atoms with Crippen molar-refractivity contribution in [1.82, 2.24) is 14.5 Å². The Morgan fingerprint density at radius 3 is 2.33 bits per heavy atom. The summed E-state index contributed by atoms with van der Waals surface area (Å²) in [6.45, 7) is 0. The number of sulfonamides is 1. The van der Waals surface area contributed by atoms with E-state index in [4.69, 9.17) is 0 Å². The topological polar surface area (TPSA) is 136 Å². The minimum atomic E-state index is -3.87. The van der Waals surface area contributed by atoms with Crippen molar-refractivity contribution >= 4 is 45.0 Å². The molecule has 3 amide bonds. The molecule has 2 aromatic rings. The number of fused-ring (bicyclic) bond motifs is 3. The van der Waals surface area contributed by atoms with Crippen molar-refractivity contribution in [2.45, 2.75) is 54.4 Å². The Morgan fingerprint density at radius 2 is 1.78 bits per heavy atom. The molecule has 194 valence electrons. The predicted molar refractivity (Wildman–Crippen MR) is 135 cm³/mol. The summed E-state index contributed by atoms with van der Waals surface area (Å²) in [5, 5.41) is 16.8. The number of anilines is 1. The molecule has 2 bridgehead atoms. The average Bonchev–Trinajstić information content (AvgIpc) is 3.41. The third kappa shape index (κ3) is 5.40. The van der Waals surface area contributed by atoms with Crippen molar-refractivity contribution in [1.29, 1.82) is 0 Å². The van der Waals surface area contributed by atoms with Crippen molar-refractivity contribution in [3.63, 3.8) is 0 Å². The molecule has 5 rings (SSSR count). The number of piperidine rings is 2. The number of urea groups is 1. The first-order chi connectivity index (χ1) is 17.1. The highest BCUT2D eigenvalue weighted by Crippen LogP contribution is 2.43. The third-order valence-electron chi connectivity index (χ3n) is 6.78. The maximum atomic E-state index is 13.4. The van der Waals surface area contributed by atoms with Gasteiger partial charge in [-0.1, -0.05) is 18.2 Å². The molecular weight excluding hydrogens is 504 g/mol. The molecule has 12 heteroatoms. The molecular formula is C24H30N4O6S2. The van der Waals surface area contributed by atoms with Crippen LogP contribution in [-0.2, 0) is 26.0 Å². The summed E-state index contributed by atoms with van der Waals surface area (Å²) in [5.41, 5.74) is 1.21. The van der Waals surface area contributed by atoms with Crippen LogP contribution in [0.25, 0.3) is 0 Å². The smallest absolute Gasteiger partial charge is 0.326 e. The minimum Gasteiger partial charge on any atom is -0.480 e. The zero-order chi connectivity index (χ0) is 26.0. The Morgan fingerprint density at radius 1 is 1.11 bits per heavy atom. The number of aliphatic carboxylic acids is 1. The van der Waals surface area contributed by atoms with E-state index in [0.717, 1.165) is 24.2 Å². The Kier molecular flexibility index (Phi) is 7.67. The number of rotatable bonds is 8. The second-order valence-corrected chi connectivity index (χ2v) is 12.4. The summed E-state index contributed by atoms with van der Waals surface area (Å²) in [6, 6.07) is 7.15. The molecule has 1 aromatic heterocycles. The number of hydrogen-bond donors (Lipinski definition) is 3. The SMILES string of the molecule is CN(C)C(=O)Nc1ccc(CC(NC(=O)C2C3CCC(CC3)N2S(=O)(=O)c2cccs2)C(=O)O)cc1. The number of carboxylic acids is 1. The number of carbonyl (C=O) groups is 3. The van der Waals surface area contributed by atoms with Crippen LogP contribution in [0.3, 0.4) is 0 Å². The lowest BCUT2D eigenvalue weighted by atomic mass is 9.76. The first-order valence-corrected chi connectivity index (χ1v) is 14.1. The van der Waals surface area contributed by atoms with E-state index >= 15 is 0 Å². The van der Waals surface area contributed by atoms with Crippen LogP contribution in [-0.4, -0.2) is 72.9 Å². The number of carboxylic acid groups (broad SMARTS) is 1. The van der Waals surface area contributed by atoms with Crippen molar-refractivity contribution in [3.05, 3.63) is 47.3 Å². The van der Waals surface area contributed by atoms with Gasteiger partial charge in [-0.3, -0.25) is 4.79 Å². The molecule has 1 saturated carbocycles. The molecule has 10 nitrogen and oxygen atoms in total. The van der Waals surface area contributed by atoms with Gasteiger partial charge in [0.15, 0.2) is 0 Å². The van der Waals surface area contributed by atoms with Gasteiger partial charge in [-0.2, -0.15) is 4.31 Å². The molecule has 36 heavy (non-hydrogen) atoms. The lowest BCUT2D eigenvalue weighted by molar-refractivity contribution is -0.143. The second-order valence-electron chi connectivity index (χ2n) is 9.41. The first-order valence-electron chi connectivity index (χ1n) is 11.8. The van der Waals surface area contributed by atoms with Gasteiger partial charge in [0, 0.05) is 32.2 Å². The summed E-state index contributed by atoms with van der Waals surface area (Å²) in [7, 11) is -0.634. The normalized spacial score (nSPS) is 22.6. The van der Waals surface area contributed by atoms with Gasteiger partial charge in [-0.15, -0.1) is 11.3 Å². The average molecular weight is 535 g/mol. The molecule has 2 aliphatic heterocycles. The Labute approximate surface area is 214 Å². The van der Waals surface area contributed by atoms with Gasteiger partial charge < -0.3 is 20.6 Å². The van der Waals surface area contributed by atoms with Crippen LogP contribution < -0.4 is 10.6 Å². The van der Waals surface area contributed by atoms with Gasteiger partial charge in [0.2, 0.25) is 5.91 Å². The molecule has 3 heterocycles. The number of nitrogens with one attached hydrogen (secondary N) is 2. The highest BCUT2D eigenvalue weighted by molar-refractivity contribution is 7.91. The first kappa shape index (κ1) is 26.1. The number of nitrogens with zero attached hydrogens (tertiary/aromatic N) is 2. The van der Waals surface area contributed by atoms with Gasteiger partial charge in [-0.05, 0) is 60.7 Å². The number of hydrogen-bond acceptors (Lipinski definition) is 6. The van der Waals surface area contributed by atoms with Crippen LogP contribution in [0.4, 0.5) is 10.5 Å². The molecule has 3 fully saturated rings. The van der Waals surface area contributed by atoms with Crippen LogP contribution in [0.1, 0.15) is 31.2 Å². The van der Waals surface area contributed by atoms with E-state index in [-0.39, 0.29) is 28.6 Å². The van der Waals surface area contributed by atoms with Crippen LogP contribution in [0.2, 0.25) is 0 Å². The zero-order valence-electron chi connectivity index (χ0n) is 20.1. The largest absolute Gasteiger partial charge is 0.480 e. The van der Waals surface area contributed by atoms with Crippen LogP contribution >= 0.6 is 11.3 Å². The maximum absolute atomic E-state index is 13.4. The van der Waals surface area contributed by atoms with Crippen molar-refractivity contribution in [2.24, 2.45) is 5.92 Å². The molecule has 3 aliphatic rings. The second kappa shape index (κ2) is 10.6. The summed E-state index contributed by atoms with van der Waals surface area (Å²) < 4.78 is 28.4.